The summed E-state index contributed by atoms with van der Waals surface area (Å²) in [5.74, 6) is 0. The van der Waals surface area contributed by atoms with Crippen LogP contribution in [0.1, 0.15) is 22.3 Å². The van der Waals surface area contributed by atoms with Crippen LogP contribution in [0.25, 0.3) is 69.6 Å². The average Bonchev–Trinajstić information content (AvgIpc) is 3.80. The van der Waals surface area contributed by atoms with Gasteiger partial charge in [0.2, 0.25) is 0 Å². The second-order valence-electron chi connectivity index (χ2n) is 13.6. The molecule has 1 aliphatic heterocycles. The molecule has 2 aromatic heterocycles. The van der Waals surface area contributed by atoms with Gasteiger partial charge in [-0.3, -0.25) is 0 Å². The third-order valence-electron chi connectivity index (χ3n) is 11.2. The predicted molar refractivity (Wildman–Crippen MR) is 213 cm³/mol. The Morgan fingerprint density at radius 2 is 1.10 bits per heavy atom. The number of thiophene rings is 1. The van der Waals surface area contributed by atoms with Gasteiger partial charge in [0.1, 0.15) is 0 Å². The molecule has 0 radical (unpaired) electrons. The fourth-order valence-electron chi connectivity index (χ4n) is 9.27. The highest BCUT2D eigenvalue weighted by atomic mass is 32.2. The van der Waals surface area contributed by atoms with Crippen molar-refractivity contribution in [2.24, 2.45) is 0 Å². The van der Waals surface area contributed by atoms with Gasteiger partial charge in [0, 0.05) is 46.4 Å². The monoisotopic (exact) mass is 669 g/mol. The summed E-state index contributed by atoms with van der Waals surface area (Å²) in [5, 5.41) is 7.83. The quantitative estimate of drug-likeness (QED) is 0.168. The van der Waals surface area contributed by atoms with Crippen molar-refractivity contribution < 1.29 is 0 Å². The maximum absolute atomic E-state index is 2.57. The Balaban J connectivity index is 1.24. The van der Waals surface area contributed by atoms with Crippen LogP contribution in [0, 0.1) is 0 Å². The molecular weight excluding hydrogens is 643 g/mol. The van der Waals surface area contributed by atoms with Crippen LogP contribution in [0.4, 0.5) is 0 Å². The zero-order valence-corrected chi connectivity index (χ0v) is 28.5. The Morgan fingerprint density at radius 3 is 1.94 bits per heavy atom. The van der Waals surface area contributed by atoms with Crippen LogP contribution in [0.15, 0.2) is 174 Å². The Morgan fingerprint density at radius 1 is 0.420 bits per heavy atom. The summed E-state index contributed by atoms with van der Waals surface area (Å²) in [7, 11) is 0. The molecule has 232 valence electrons. The highest BCUT2D eigenvalue weighted by Crippen LogP contribution is 2.62. The van der Waals surface area contributed by atoms with Crippen molar-refractivity contribution in [1.82, 2.24) is 4.57 Å². The number of hydrogen-bond donors (Lipinski definition) is 0. The number of nitrogens with zero attached hydrogens (tertiary/aromatic N) is 1. The first kappa shape index (κ1) is 27.2. The minimum Gasteiger partial charge on any atom is -0.309 e. The molecule has 12 rings (SSSR count). The first-order valence-corrected chi connectivity index (χ1v) is 18.8. The molecule has 3 heteroatoms. The van der Waals surface area contributed by atoms with Crippen LogP contribution < -0.4 is 0 Å². The highest BCUT2D eigenvalue weighted by molar-refractivity contribution is 7.99. The summed E-state index contributed by atoms with van der Waals surface area (Å²) in [6, 6.07) is 61.7. The lowest BCUT2D eigenvalue weighted by atomic mass is 9.67. The molecule has 0 fully saturated rings. The van der Waals surface area contributed by atoms with Gasteiger partial charge in [-0.25, -0.2) is 0 Å². The number of benzene rings is 8. The average molecular weight is 670 g/mol. The Hall–Kier alpha value is -5.61. The summed E-state index contributed by atoms with van der Waals surface area (Å²) in [4.78, 5) is 2.64. The van der Waals surface area contributed by atoms with E-state index in [1.807, 2.05) is 23.1 Å². The van der Waals surface area contributed by atoms with E-state index in [1.54, 1.807) is 0 Å². The maximum Gasteiger partial charge on any atom is 0.0735 e. The first-order valence-electron chi connectivity index (χ1n) is 17.2. The largest absolute Gasteiger partial charge is 0.309 e. The molecule has 50 heavy (non-hydrogen) atoms. The summed E-state index contributed by atoms with van der Waals surface area (Å²) >= 11 is 3.80. The van der Waals surface area contributed by atoms with Crippen molar-refractivity contribution >= 4 is 75.8 Å². The van der Waals surface area contributed by atoms with E-state index < -0.39 is 5.41 Å². The van der Waals surface area contributed by atoms with E-state index in [2.05, 4.69) is 168 Å². The number of aromatic nitrogens is 1. The molecule has 0 unspecified atom stereocenters. The van der Waals surface area contributed by atoms with E-state index in [0.717, 1.165) is 0 Å². The number of fused-ring (bicyclic) bond motifs is 17. The Bertz CT molecular complexity index is 3040. The van der Waals surface area contributed by atoms with Gasteiger partial charge in [-0.05, 0) is 86.6 Å². The van der Waals surface area contributed by atoms with E-state index in [9.17, 15) is 0 Å². The number of rotatable bonds is 1. The van der Waals surface area contributed by atoms with E-state index in [4.69, 9.17) is 0 Å². The molecule has 0 amide bonds. The van der Waals surface area contributed by atoms with Crippen LogP contribution in [-0.4, -0.2) is 4.57 Å². The summed E-state index contributed by atoms with van der Waals surface area (Å²) in [6.07, 6.45) is 0. The lowest BCUT2D eigenvalue weighted by molar-refractivity contribution is 0.724. The van der Waals surface area contributed by atoms with Gasteiger partial charge in [0.05, 0.1) is 16.4 Å². The normalized spacial score (nSPS) is 14.1. The molecule has 2 aliphatic rings. The van der Waals surface area contributed by atoms with Gasteiger partial charge >= 0.3 is 0 Å². The minimum atomic E-state index is -0.409. The smallest absolute Gasteiger partial charge is 0.0735 e. The van der Waals surface area contributed by atoms with Crippen molar-refractivity contribution in [3.63, 3.8) is 0 Å². The fourth-order valence-corrected chi connectivity index (χ4v) is 11.6. The van der Waals surface area contributed by atoms with Gasteiger partial charge in [-0.15, -0.1) is 11.3 Å². The van der Waals surface area contributed by atoms with Crippen LogP contribution in [0.3, 0.4) is 0 Å². The molecule has 0 atom stereocenters. The zero-order valence-electron chi connectivity index (χ0n) is 26.9. The predicted octanol–water partition coefficient (Wildman–Crippen LogP) is 13.1. The molecule has 0 bridgehead atoms. The van der Waals surface area contributed by atoms with E-state index >= 15 is 0 Å². The lowest BCUT2D eigenvalue weighted by Gasteiger charge is -2.39. The summed E-state index contributed by atoms with van der Waals surface area (Å²) in [5.41, 5.74) is 11.4. The van der Waals surface area contributed by atoms with E-state index in [-0.39, 0.29) is 0 Å². The molecule has 1 aliphatic carbocycles. The van der Waals surface area contributed by atoms with Gasteiger partial charge in [0.15, 0.2) is 0 Å². The minimum absolute atomic E-state index is 0.409. The Labute approximate surface area is 297 Å². The maximum atomic E-state index is 2.57. The molecule has 0 N–H and O–H groups in total. The molecule has 0 saturated carbocycles. The van der Waals surface area contributed by atoms with Gasteiger partial charge in [0.25, 0.3) is 0 Å². The van der Waals surface area contributed by atoms with Gasteiger partial charge in [-0.1, -0.05) is 133 Å². The third kappa shape index (κ3) is 3.34. The summed E-state index contributed by atoms with van der Waals surface area (Å²) in [6.45, 7) is 0. The van der Waals surface area contributed by atoms with Crippen molar-refractivity contribution in [3.05, 3.63) is 186 Å². The molecule has 1 nitrogen and oxygen atoms in total. The van der Waals surface area contributed by atoms with Crippen molar-refractivity contribution in [2.75, 3.05) is 0 Å². The molecule has 1 spiro atoms. The zero-order chi connectivity index (χ0) is 32.6. The van der Waals surface area contributed by atoms with Gasteiger partial charge < -0.3 is 4.57 Å². The molecule has 3 heterocycles. The van der Waals surface area contributed by atoms with E-state index in [1.165, 1.54) is 102 Å². The van der Waals surface area contributed by atoms with Crippen molar-refractivity contribution in [3.8, 4) is 16.8 Å². The van der Waals surface area contributed by atoms with Crippen LogP contribution in [0.5, 0.6) is 0 Å². The van der Waals surface area contributed by atoms with Crippen molar-refractivity contribution in [2.45, 2.75) is 15.2 Å². The fraction of sp³-hybridized carbons (Fsp3) is 0.0213. The Kier molecular flexibility index (Phi) is 5.32. The molecule has 10 aromatic rings. The second kappa shape index (κ2) is 9.76. The lowest BCUT2D eigenvalue weighted by Crippen LogP contribution is -2.31. The SMILES string of the molecule is c1ccc2c(c1)Sc1cc3c(cc1C21c2ccccc2-c2ccccc21)c1c2ccccc2ccc1n3-c1ccc2c(c1)sc1ccccc12. The highest BCUT2D eigenvalue weighted by Gasteiger charge is 2.50. The van der Waals surface area contributed by atoms with Crippen LogP contribution in [0.2, 0.25) is 0 Å². The van der Waals surface area contributed by atoms with E-state index in [0.29, 0.717) is 0 Å². The second-order valence-corrected chi connectivity index (χ2v) is 15.8. The van der Waals surface area contributed by atoms with Crippen LogP contribution in [-0.2, 0) is 5.41 Å². The number of hydrogen-bond acceptors (Lipinski definition) is 2. The molecular formula is C47H27NS2. The van der Waals surface area contributed by atoms with Crippen molar-refractivity contribution in [1.29, 1.82) is 0 Å². The topological polar surface area (TPSA) is 4.93 Å². The van der Waals surface area contributed by atoms with Crippen LogP contribution >= 0.6 is 23.1 Å². The standard InChI is InChI=1S/C47H27NS2/c1-2-12-30-28(11-1)21-24-40-46(30)35-26-39-45(27-41(35)48(40)29-22-23-34-33-15-5-9-19-42(33)49-44(34)25-29)50-43-20-10-8-18-38(43)47(39)36-16-6-3-13-31(36)32-14-4-7-17-37(32)47/h1-27H. The summed E-state index contributed by atoms with van der Waals surface area (Å²) < 4.78 is 5.17. The first-order chi connectivity index (χ1) is 24.8. The molecule has 8 aromatic carbocycles. The van der Waals surface area contributed by atoms with Gasteiger partial charge in [-0.2, -0.15) is 0 Å². The third-order valence-corrected chi connectivity index (χ3v) is 13.5. The molecule has 0 saturated heterocycles.